The molecule has 11 heavy (non-hydrogen) atoms. The van der Waals surface area contributed by atoms with Crippen LogP contribution in [-0.4, -0.2) is 19.5 Å². The average Bonchev–Trinajstić information content (AvgIpc) is 1.91. The maximum atomic E-state index is 5.26. The van der Waals surface area contributed by atoms with Crippen molar-refractivity contribution < 1.29 is 45.3 Å². The molecule has 1 heterocycles. The van der Waals surface area contributed by atoms with Gasteiger partial charge >= 0.3 is 18.9 Å². The van der Waals surface area contributed by atoms with E-state index < -0.39 is 0 Å². The van der Waals surface area contributed by atoms with Gasteiger partial charge in [-0.05, 0) is 19.3 Å². The molecule has 0 radical (unpaired) electrons. The minimum Gasteiger partial charge on any atom is -1.00 e. The van der Waals surface area contributed by atoms with Gasteiger partial charge in [-0.3, -0.25) is 0 Å². The summed E-state index contributed by atoms with van der Waals surface area (Å²) in [7, 11) is 0. The molecule has 1 saturated heterocycles. The molecule has 1 rings (SSSR count). The molecule has 62 valence electrons. The molecular formula is C7H13BrLiO2-. The van der Waals surface area contributed by atoms with Crippen LogP contribution in [0.5, 0.6) is 0 Å². The summed E-state index contributed by atoms with van der Waals surface area (Å²) in [6.45, 7) is 4.95. The second-order valence-corrected chi connectivity index (χ2v) is 2.17. The zero-order valence-corrected chi connectivity index (χ0v) is 8.60. The third kappa shape index (κ3) is 6.19. The Kier molecular flexibility index (Phi) is 12.0. The first-order valence-electron chi connectivity index (χ1n) is 3.46. The van der Waals surface area contributed by atoms with Gasteiger partial charge in [-0.25, -0.2) is 0 Å². The zero-order valence-electron chi connectivity index (χ0n) is 7.01. The van der Waals surface area contributed by atoms with Gasteiger partial charge in [0.2, 0.25) is 0 Å². The van der Waals surface area contributed by atoms with Gasteiger partial charge in [0, 0.05) is 6.61 Å². The summed E-state index contributed by atoms with van der Waals surface area (Å²) in [6.07, 6.45) is 3.48. The first kappa shape index (κ1) is 14.5. The Morgan fingerprint density at radius 3 is 2.64 bits per heavy atom. The molecular weight excluding hydrogens is 203 g/mol. The largest absolute Gasteiger partial charge is 1.00 e. The van der Waals surface area contributed by atoms with Crippen molar-refractivity contribution in [1.29, 1.82) is 0 Å². The SMILES string of the molecule is [Br-].[CH2-]COC1CCCCO1.[Li+]. The molecule has 1 unspecified atom stereocenters. The first-order chi connectivity index (χ1) is 4.43. The topological polar surface area (TPSA) is 18.5 Å². The van der Waals surface area contributed by atoms with Crippen LogP contribution in [-0.2, 0) is 9.47 Å². The summed E-state index contributed by atoms with van der Waals surface area (Å²) >= 11 is 0. The van der Waals surface area contributed by atoms with Gasteiger partial charge in [-0.2, -0.15) is 0 Å². The van der Waals surface area contributed by atoms with E-state index in [0.717, 1.165) is 13.0 Å². The van der Waals surface area contributed by atoms with Crippen LogP contribution < -0.4 is 35.8 Å². The summed E-state index contributed by atoms with van der Waals surface area (Å²) in [4.78, 5) is 0. The average molecular weight is 216 g/mol. The van der Waals surface area contributed by atoms with Crippen molar-refractivity contribution in [1.82, 2.24) is 0 Å². The van der Waals surface area contributed by atoms with Crippen molar-refractivity contribution >= 4 is 0 Å². The van der Waals surface area contributed by atoms with Gasteiger partial charge in [0.1, 0.15) is 0 Å². The molecule has 1 fully saturated rings. The van der Waals surface area contributed by atoms with E-state index in [0.29, 0.717) is 6.61 Å². The summed E-state index contributed by atoms with van der Waals surface area (Å²) in [5, 5.41) is 0. The van der Waals surface area contributed by atoms with Gasteiger partial charge in [0.25, 0.3) is 0 Å². The number of hydrogen-bond donors (Lipinski definition) is 0. The van der Waals surface area contributed by atoms with Gasteiger partial charge in [0.05, 0.1) is 0 Å². The number of halogens is 1. The van der Waals surface area contributed by atoms with E-state index in [1.807, 2.05) is 0 Å². The Morgan fingerprint density at radius 2 is 2.18 bits per heavy atom. The maximum Gasteiger partial charge on any atom is 1.00 e. The van der Waals surface area contributed by atoms with E-state index in [2.05, 4.69) is 6.92 Å². The van der Waals surface area contributed by atoms with Crippen molar-refractivity contribution in [3.63, 3.8) is 0 Å². The molecule has 0 aromatic carbocycles. The summed E-state index contributed by atoms with van der Waals surface area (Å²) < 4.78 is 10.4. The number of rotatable bonds is 2. The van der Waals surface area contributed by atoms with Crippen LogP contribution in [0.3, 0.4) is 0 Å². The molecule has 1 aliphatic rings. The Hall–Kier alpha value is 0.997. The smallest absolute Gasteiger partial charge is 1.00 e. The standard InChI is InChI=1S/C7H13O2.BrH.Li/c1-2-8-7-5-3-4-6-9-7;;/h7H,1-6H2;1H;/q-1;;+1/p-1. The molecule has 0 aliphatic carbocycles. The van der Waals surface area contributed by atoms with Gasteiger partial charge in [-0.15, -0.1) is 0 Å². The van der Waals surface area contributed by atoms with Crippen LogP contribution in [0.4, 0.5) is 0 Å². The third-order valence-corrected chi connectivity index (χ3v) is 1.44. The van der Waals surface area contributed by atoms with E-state index in [1.54, 1.807) is 0 Å². The van der Waals surface area contributed by atoms with Crippen molar-refractivity contribution in [2.24, 2.45) is 0 Å². The second kappa shape index (κ2) is 9.09. The normalized spacial score (nSPS) is 23.2. The van der Waals surface area contributed by atoms with Crippen molar-refractivity contribution in [2.45, 2.75) is 25.6 Å². The fourth-order valence-corrected chi connectivity index (χ4v) is 0.974. The molecule has 0 saturated carbocycles. The minimum atomic E-state index is 0. The van der Waals surface area contributed by atoms with Crippen LogP contribution >= 0.6 is 0 Å². The number of hydrogen-bond acceptors (Lipinski definition) is 2. The van der Waals surface area contributed by atoms with Crippen LogP contribution in [0.2, 0.25) is 0 Å². The summed E-state index contributed by atoms with van der Waals surface area (Å²) in [6, 6.07) is 0. The van der Waals surface area contributed by atoms with Crippen molar-refractivity contribution in [2.75, 3.05) is 13.2 Å². The molecule has 0 aromatic rings. The fraction of sp³-hybridized carbons (Fsp3) is 0.857. The second-order valence-electron chi connectivity index (χ2n) is 2.17. The van der Waals surface area contributed by atoms with Gasteiger partial charge in [-0.1, -0.05) is 6.61 Å². The maximum absolute atomic E-state index is 5.26. The zero-order chi connectivity index (χ0) is 6.53. The van der Waals surface area contributed by atoms with Crippen LogP contribution in [0.25, 0.3) is 0 Å². The molecule has 0 amide bonds. The molecule has 2 nitrogen and oxygen atoms in total. The molecule has 1 atom stereocenters. The van der Waals surface area contributed by atoms with Gasteiger partial charge < -0.3 is 33.4 Å². The van der Waals surface area contributed by atoms with Crippen LogP contribution in [0, 0.1) is 6.92 Å². The van der Waals surface area contributed by atoms with Crippen LogP contribution in [0.1, 0.15) is 19.3 Å². The fourth-order valence-electron chi connectivity index (χ4n) is 0.974. The van der Waals surface area contributed by atoms with Crippen molar-refractivity contribution in [3.8, 4) is 0 Å². The third-order valence-electron chi connectivity index (χ3n) is 1.44. The Labute approximate surface area is 91.0 Å². The van der Waals surface area contributed by atoms with E-state index >= 15 is 0 Å². The summed E-state index contributed by atoms with van der Waals surface area (Å²) in [5.74, 6) is 0. The Balaban J connectivity index is 0. The molecule has 4 heteroatoms. The van der Waals surface area contributed by atoms with Crippen molar-refractivity contribution in [3.05, 3.63) is 6.92 Å². The molecule has 0 spiro atoms. The summed E-state index contributed by atoms with van der Waals surface area (Å²) in [5.41, 5.74) is 0. The monoisotopic (exact) mass is 215 g/mol. The Bertz CT molecular complexity index is 74.1. The van der Waals surface area contributed by atoms with E-state index in [1.165, 1.54) is 12.8 Å². The Morgan fingerprint density at radius 1 is 1.45 bits per heavy atom. The molecule has 0 aromatic heterocycles. The first-order valence-corrected chi connectivity index (χ1v) is 3.46. The minimum absolute atomic E-state index is 0. The predicted octanol–water partition coefficient (Wildman–Crippen LogP) is -4.63. The molecule has 0 bridgehead atoms. The van der Waals surface area contributed by atoms with E-state index in [4.69, 9.17) is 9.47 Å². The molecule has 0 N–H and O–H groups in total. The van der Waals surface area contributed by atoms with E-state index in [-0.39, 0.29) is 42.1 Å². The van der Waals surface area contributed by atoms with E-state index in [9.17, 15) is 0 Å². The predicted molar refractivity (Wildman–Crippen MR) is 34.9 cm³/mol. The van der Waals surface area contributed by atoms with Gasteiger partial charge in [0.15, 0.2) is 6.29 Å². The number of ether oxygens (including phenoxy) is 2. The quantitative estimate of drug-likeness (QED) is 0.341. The molecule has 1 aliphatic heterocycles. The van der Waals surface area contributed by atoms with Crippen LogP contribution in [0.15, 0.2) is 0 Å².